The summed E-state index contributed by atoms with van der Waals surface area (Å²) in [6.45, 7) is 8.56. The van der Waals surface area contributed by atoms with Crippen LogP contribution in [0.5, 0.6) is 0 Å². The molecule has 0 radical (unpaired) electrons. The molecule has 1 aliphatic rings. The first kappa shape index (κ1) is 13.3. The number of ether oxygens (including phenoxy) is 1. The lowest BCUT2D eigenvalue weighted by atomic mass is 9.94. The van der Waals surface area contributed by atoms with E-state index < -0.39 is 0 Å². The van der Waals surface area contributed by atoms with Crippen molar-refractivity contribution in [3.8, 4) is 0 Å². The van der Waals surface area contributed by atoms with Crippen LogP contribution in [0.2, 0.25) is 0 Å². The van der Waals surface area contributed by atoms with Gasteiger partial charge >= 0.3 is 0 Å². The van der Waals surface area contributed by atoms with Crippen LogP contribution in [0.1, 0.15) is 34.1 Å². The number of rotatable bonds is 2. The summed E-state index contributed by atoms with van der Waals surface area (Å²) in [6, 6.07) is 6.38. The highest BCUT2D eigenvalue weighted by molar-refractivity contribution is 5.78. The fraction of sp³-hybridized carbons (Fsp3) is 0.500. The van der Waals surface area contributed by atoms with E-state index >= 15 is 0 Å². The molecule has 20 heavy (non-hydrogen) atoms. The lowest BCUT2D eigenvalue weighted by Crippen LogP contribution is -2.38. The molecule has 0 amide bonds. The third-order valence-corrected chi connectivity index (χ3v) is 3.88. The van der Waals surface area contributed by atoms with Gasteiger partial charge in [0.05, 0.1) is 28.3 Å². The molecule has 1 aromatic carbocycles. The number of benzene rings is 1. The van der Waals surface area contributed by atoms with E-state index in [1.807, 2.05) is 12.1 Å². The van der Waals surface area contributed by atoms with E-state index in [2.05, 4.69) is 49.0 Å². The molecule has 1 unspecified atom stereocenters. The first-order valence-electron chi connectivity index (χ1n) is 7.03. The van der Waals surface area contributed by atoms with Gasteiger partial charge in [0.2, 0.25) is 0 Å². The number of nitrogens with one attached hydrogen (secondary N) is 1. The summed E-state index contributed by atoms with van der Waals surface area (Å²) in [7, 11) is 0. The molecule has 1 N–H and O–H groups in total. The smallest absolute Gasteiger partial charge is 0.0907 e. The summed E-state index contributed by atoms with van der Waals surface area (Å²) in [4.78, 5) is 8.64. The molecule has 0 bridgehead atoms. The molecule has 0 spiro atoms. The predicted octanol–water partition coefficient (Wildman–Crippen LogP) is 3.39. The van der Waals surface area contributed by atoms with Gasteiger partial charge in [-0.3, -0.25) is 9.97 Å². The number of nitrogens with zero attached hydrogens (tertiary/aromatic N) is 2. The van der Waals surface area contributed by atoms with Crippen LogP contribution in [0.25, 0.3) is 11.0 Å². The quantitative estimate of drug-likeness (QED) is 0.909. The van der Waals surface area contributed by atoms with E-state index in [1.165, 1.54) is 0 Å². The second kappa shape index (κ2) is 4.42. The summed E-state index contributed by atoms with van der Waals surface area (Å²) in [5, 5.41) is 3.59. The van der Waals surface area contributed by atoms with Crippen molar-refractivity contribution in [1.29, 1.82) is 0 Å². The molecular weight excluding hydrogens is 250 g/mol. The second-order valence-electron chi connectivity index (χ2n) is 6.63. The Bertz CT molecular complexity index is 636. The van der Waals surface area contributed by atoms with Crippen molar-refractivity contribution in [2.45, 2.75) is 51.4 Å². The Labute approximate surface area is 119 Å². The van der Waals surface area contributed by atoms with Gasteiger partial charge in [-0.1, -0.05) is 0 Å². The highest BCUT2D eigenvalue weighted by Gasteiger charge is 2.45. The molecule has 4 nitrogen and oxygen atoms in total. The zero-order valence-electron chi connectivity index (χ0n) is 12.5. The Balaban J connectivity index is 1.86. The minimum Gasteiger partial charge on any atom is -0.379 e. The van der Waals surface area contributed by atoms with Crippen molar-refractivity contribution in [2.75, 3.05) is 5.32 Å². The molecular formula is C16H21N3O. The Morgan fingerprint density at radius 1 is 1.10 bits per heavy atom. The third-order valence-electron chi connectivity index (χ3n) is 3.88. The van der Waals surface area contributed by atoms with Crippen LogP contribution in [0, 0.1) is 0 Å². The number of hydrogen-bond donors (Lipinski definition) is 1. The van der Waals surface area contributed by atoms with E-state index in [0.29, 0.717) is 0 Å². The fourth-order valence-electron chi connectivity index (χ4n) is 3.04. The monoisotopic (exact) mass is 271 g/mol. The molecule has 4 heteroatoms. The van der Waals surface area contributed by atoms with Gasteiger partial charge < -0.3 is 10.1 Å². The van der Waals surface area contributed by atoms with Crippen molar-refractivity contribution in [2.24, 2.45) is 0 Å². The zero-order chi connectivity index (χ0) is 14.4. The fourth-order valence-corrected chi connectivity index (χ4v) is 3.04. The maximum Gasteiger partial charge on any atom is 0.0907 e. The molecule has 1 atom stereocenters. The minimum absolute atomic E-state index is 0.0855. The first-order chi connectivity index (χ1) is 9.36. The maximum atomic E-state index is 6.12. The summed E-state index contributed by atoms with van der Waals surface area (Å²) in [5.41, 5.74) is 2.63. The van der Waals surface area contributed by atoms with Gasteiger partial charge in [-0.05, 0) is 52.3 Å². The molecule has 2 aromatic rings. The molecule has 3 rings (SSSR count). The predicted molar refractivity (Wildman–Crippen MR) is 80.8 cm³/mol. The van der Waals surface area contributed by atoms with Crippen LogP contribution >= 0.6 is 0 Å². The molecule has 1 aromatic heterocycles. The van der Waals surface area contributed by atoms with E-state index in [0.717, 1.165) is 23.1 Å². The summed E-state index contributed by atoms with van der Waals surface area (Å²) in [6.07, 6.45) is 4.42. The SMILES string of the molecule is CC1(C)CC(Nc2ccc3nccnc3c2)C(C)(C)O1. The molecule has 2 heterocycles. The topological polar surface area (TPSA) is 47.0 Å². The molecule has 106 valence electrons. The van der Waals surface area contributed by atoms with Gasteiger partial charge in [0.15, 0.2) is 0 Å². The van der Waals surface area contributed by atoms with Gasteiger partial charge in [0.25, 0.3) is 0 Å². The Morgan fingerprint density at radius 2 is 1.80 bits per heavy atom. The zero-order valence-corrected chi connectivity index (χ0v) is 12.5. The standard InChI is InChI=1S/C16H21N3O/c1-15(2)10-14(16(3,4)20-15)19-11-5-6-12-13(9-11)18-8-7-17-12/h5-9,14,19H,10H2,1-4H3. The van der Waals surface area contributed by atoms with Crippen molar-refractivity contribution < 1.29 is 4.74 Å². The molecule has 1 aliphatic heterocycles. The number of aromatic nitrogens is 2. The maximum absolute atomic E-state index is 6.12. The normalized spacial score (nSPS) is 23.9. The average Bonchev–Trinajstić information content (AvgIpc) is 2.57. The summed E-state index contributed by atoms with van der Waals surface area (Å²) < 4.78 is 6.12. The largest absolute Gasteiger partial charge is 0.379 e. The van der Waals surface area contributed by atoms with Gasteiger partial charge in [-0.15, -0.1) is 0 Å². The molecule has 1 saturated heterocycles. The van der Waals surface area contributed by atoms with Crippen molar-refractivity contribution >= 4 is 16.7 Å². The van der Waals surface area contributed by atoms with Crippen LogP contribution < -0.4 is 5.32 Å². The van der Waals surface area contributed by atoms with E-state index in [1.54, 1.807) is 12.4 Å². The Morgan fingerprint density at radius 3 is 2.45 bits per heavy atom. The first-order valence-corrected chi connectivity index (χ1v) is 7.03. The lowest BCUT2D eigenvalue weighted by molar-refractivity contribution is -0.0662. The lowest BCUT2D eigenvalue weighted by Gasteiger charge is -2.28. The van der Waals surface area contributed by atoms with Crippen LogP contribution in [0.15, 0.2) is 30.6 Å². The van der Waals surface area contributed by atoms with Crippen LogP contribution in [0.4, 0.5) is 5.69 Å². The summed E-state index contributed by atoms with van der Waals surface area (Å²) >= 11 is 0. The number of fused-ring (bicyclic) bond motifs is 1. The van der Waals surface area contributed by atoms with Crippen molar-refractivity contribution in [3.63, 3.8) is 0 Å². The van der Waals surface area contributed by atoms with E-state index in [-0.39, 0.29) is 17.2 Å². The van der Waals surface area contributed by atoms with Gasteiger partial charge in [0, 0.05) is 18.1 Å². The van der Waals surface area contributed by atoms with Gasteiger partial charge in [-0.2, -0.15) is 0 Å². The third kappa shape index (κ3) is 2.48. The average molecular weight is 271 g/mol. The molecule has 0 aliphatic carbocycles. The molecule has 0 saturated carbocycles. The van der Waals surface area contributed by atoms with Crippen LogP contribution in [-0.4, -0.2) is 27.2 Å². The van der Waals surface area contributed by atoms with E-state index in [4.69, 9.17) is 4.74 Å². The van der Waals surface area contributed by atoms with Gasteiger partial charge in [-0.25, -0.2) is 0 Å². The second-order valence-corrected chi connectivity index (χ2v) is 6.63. The Kier molecular flexibility index (Phi) is 2.94. The highest BCUT2D eigenvalue weighted by Crippen LogP contribution is 2.38. The highest BCUT2D eigenvalue weighted by atomic mass is 16.5. The van der Waals surface area contributed by atoms with Crippen molar-refractivity contribution in [1.82, 2.24) is 9.97 Å². The van der Waals surface area contributed by atoms with Crippen molar-refractivity contribution in [3.05, 3.63) is 30.6 Å². The van der Waals surface area contributed by atoms with Crippen LogP contribution in [0.3, 0.4) is 0 Å². The summed E-state index contributed by atoms with van der Waals surface area (Å²) in [5.74, 6) is 0. The van der Waals surface area contributed by atoms with Gasteiger partial charge in [0.1, 0.15) is 0 Å². The molecule has 1 fully saturated rings. The van der Waals surface area contributed by atoms with Crippen LogP contribution in [-0.2, 0) is 4.74 Å². The number of anilines is 1. The minimum atomic E-state index is -0.180. The number of hydrogen-bond acceptors (Lipinski definition) is 4. The van der Waals surface area contributed by atoms with E-state index in [9.17, 15) is 0 Å². The Hall–Kier alpha value is -1.68.